The van der Waals surface area contributed by atoms with Gasteiger partial charge in [0.1, 0.15) is 13.2 Å². The number of aryl methyl sites for hydroxylation is 2. The summed E-state index contributed by atoms with van der Waals surface area (Å²) in [4.78, 5) is 14.6. The fourth-order valence-corrected chi connectivity index (χ4v) is 4.94. The van der Waals surface area contributed by atoms with E-state index in [-0.39, 0.29) is 18.3 Å². The predicted octanol–water partition coefficient (Wildman–Crippen LogP) is 3.99. The highest BCUT2D eigenvalue weighted by atomic mass is 32.2. The largest absolute Gasteiger partial charge is 0.463 e. The summed E-state index contributed by atoms with van der Waals surface area (Å²) in [6.45, 7) is 6.55. The SMILES string of the molecule is CCc1ccc(-c2ccc(-c3cc(C)nn3CC(=O)OCCN(C)C)cc2)cc1S(=O)(=O)CC. The van der Waals surface area contributed by atoms with E-state index in [9.17, 15) is 13.2 Å². The summed E-state index contributed by atoms with van der Waals surface area (Å²) < 4.78 is 32.1. The van der Waals surface area contributed by atoms with Crippen LogP contribution in [0.3, 0.4) is 0 Å². The Labute approximate surface area is 202 Å². The molecule has 1 heterocycles. The number of benzene rings is 2. The third kappa shape index (κ3) is 6.12. The van der Waals surface area contributed by atoms with Crippen molar-refractivity contribution in [2.45, 2.75) is 38.6 Å². The van der Waals surface area contributed by atoms with Gasteiger partial charge in [-0.05, 0) is 61.8 Å². The Morgan fingerprint density at radius 2 is 1.65 bits per heavy atom. The summed E-state index contributed by atoms with van der Waals surface area (Å²) >= 11 is 0. The molecule has 0 fully saturated rings. The zero-order valence-corrected chi connectivity index (χ0v) is 21.4. The second kappa shape index (κ2) is 11.0. The first kappa shape index (κ1) is 25.6. The van der Waals surface area contributed by atoms with Gasteiger partial charge in [0, 0.05) is 6.54 Å². The molecule has 182 valence electrons. The summed E-state index contributed by atoms with van der Waals surface area (Å²) in [5.74, 6) is -0.257. The van der Waals surface area contributed by atoms with Gasteiger partial charge in [0.2, 0.25) is 0 Å². The molecule has 0 spiro atoms. The number of rotatable bonds is 10. The van der Waals surface area contributed by atoms with Crippen LogP contribution in [0.1, 0.15) is 25.1 Å². The molecule has 7 nitrogen and oxygen atoms in total. The Bertz CT molecular complexity index is 1250. The molecule has 0 unspecified atom stereocenters. The van der Waals surface area contributed by atoms with Crippen LogP contribution in [0.4, 0.5) is 0 Å². The maximum atomic E-state index is 12.6. The lowest BCUT2D eigenvalue weighted by Gasteiger charge is -2.12. The average Bonchev–Trinajstić information content (AvgIpc) is 3.18. The molecule has 34 heavy (non-hydrogen) atoms. The number of aromatic nitrogens is 2. The van der Waals surface area contributed by atoms with Crippen LogP contribution >= 0.6 is 0 Å². The van der Waals surface area contributed by atoms with Gasteiger partial charge in [-0.15, -0.1) is 0 Å². The van der Waals surface area contributed by atoms with Gasteiger partial charge in [-0.2, -0.15) is 5.10 Å². The molecule has 8 heteroatoms. The monoisotopic (exact) mass is 483 g/mol. The molecule has 0 aliphatic carbocycles. The molecule has 0 amide bonds. The van der Waals surface area contributed by atoms with Crippen molar-refractivity contribution in [3.63, 3.8) is 0 Å². The zero-order valence-electron chi connectivity index (χ0n) is 20.5. The molecular formula is C26H33N3O4S. The lowest BCUT2D eigenvalue weighted by Crippen LogP contribution is -2.22. The van der Waals surface area contributed by atoms with Crippen LogP contribution in [0.5, 0.6) is 0 Å². The predicted molar refractivity (Wildman–Crippen MR) is 134 cm³/mol. The van der Waals surface area contributed by atoms with E-state index in [4.69, 9.17) is 4.74 Å². The van der Waals surface area contributed by atoms with E-state index in [2.05, 4.69) is 5.10 Å². The molecule has 1 aromatic heterocycles. The molecule has 0 aliphatic heterocycles. The van der Waals surface area contributed by atoms with Crippen molar-refractivity contribution in [2.24, 2.45) is 0 Å². The number of hydrogen-bond donors (Lipinski definition) is 0. The third-order valence-corrected chi connectivity index (χ3v) is 7.47. The normalized spacial score (nSPS) is 11.7. The molecule has 3 aromatic rings. The number of carbonyl (C=O) groups excluding carboxylic acids is 1. The molecular weight excluding hydrogens is 450 g/mol. The highest BCUT2D eigenvalue weighted by molar-refractivity contribution is 7.91. The molecule has 0 bridgehead atoms. The van der Waals surface area contributed by atoms with E-state index >= 15 is 0 Å². The molecule has 0 aliphatic rings. The van der Waals surface area contributed by atoms with Crippen molar-refractivity contribution in [1.82, 2.24) is 14.7 Å². The maximum Gasteiger partial charge on any atom is 0.327 e. The minimum absolute atomic E-state index is 0.0368. The van der Waals surface area contributed by atoms with Crippen LogP contribution in [0.2, 0.25) is 0 Å². The summed E-state index contributed by atoms with van der Waals surface area (Å²) in [7, 11) is 0.543. The van der Waals surface area contributed by atoms with Gasteiger partial charge in [-0.25, -0.2) is 8.42 Å². The van der Waals surface area contributed by atoms with Gasteiger partial charge in [0.25, 0.3) is 0 Å². The maximum absolute atomic E-state index is 12.6. The van der Waals surface area contributed by atoms with E-state index in [1.165, 1.54) is 0 Å². The van der Waals surface area contributed by atoms with Gasteiger partial charge in [-0.1, -0.05) is 50.2 Å². The number of nitrogens with zero attached hydrogens (tertiary/aromatic N) is 3. The van der Waals surface area contributed by atoms with Crippen LogP contribution in [-0.2, 0) is 32.3 Å². The van der Waals surface area contributed by atoms with Gasteiger partial charge in [0.05, 0.1) is 22.0 Å². The van der Waals surface area contributed by atoms with Gasteiger partial charge < -0.3 is 9.64 Å². The molecule has 3 rings (SSSR count). The molecule has 0 saturated heterocycles. The van der Waals surface area contributed by atoms with Crippen molar-refractivity contribution < 1.29 is 17.9 Å². The van der Waals surface area contributed by atoms with Crippen LogP contribution < -0.4 is 0 Å². The van der Waals surface area contributed by atoms with E-state index < -0.39 is 9.84 Å². The summed E-state index contributed by atoms with van der Waals surface area (Å²) in [5.41, 5.74) is 5.15. The number of carbonyl (C=O) groups is 1. The number of likely N-dealkylation sites (N-methyl/N-ethyl adjacent to an activating group) is 1. The smallest absolute Gasteiger partial charge is 0.327 e. The molecule has 0 radical (unpaired) electrons. The van der Waals surface area contributed by atoms with Crippen LogP contribution in [-0.4, -0.2) is 62.1 Å². The van der Waals surface area contributed by atoms with Crippen molar-refractivity contribution in [1.29, 1.82) is 0 Å². The number of esters is 1. The van der Waals surface area contributed by atoms with Crippen molar-refractivity contribution in [2.75, 3.05) is 33.0 Å². The highest BCUT2D eigenvalue weighted by Gasteiger charge is 2.17. The van der Waals surface area contributed by atoms with Crippen molar-refractivity contribution in [3.8, 4) is 22.4 Å². The minimum atomic E-state index is -3.31. The summed E-state index contributed by atoms with van der Waals surface area (Å²) in [6, 6.07) is 15.4. The first-order chi connectivity index (χ1) is 16.1. The Kier molecular flexibility index (Phi) is 8.28. The first-order valence-corrected chi connectivity index (χ1v) is 13.1. The fourth-order valence-electron chi connectivity index (χ4n) is 3.71. The van der Waals surface area contributed by atoms with Crippen LogP contribution in [0.15, 0.2) is 53.4 Å². The van der Waals surface area contributed by atoms with Crippen LogP contribution in [0, 0.1) is 6.92 Å². The molecule has 0 N–H and O–H groups in total. The Morgan fingerprint density at radius 3 is 2.26 bits per heavy atom. The zero-order chi connectivity index (χ0) is 24.9. The minimum Gasteiger partial charge on any atom is -0.463 e. The Hall–Kier alpha value is -2.97. The average molecular weight is 484 g/mol. The van der Waals surface area contributed by atoms with Crippen molar-refractivity contribution >= 4 is 15.8 Å². The highest BCUT2D eigenvalue weighted by Crippen LogP contribution is 2.29. The van der Waals surface area contributed by atoms with Crippen molar-refractivity contribution in [3.05, 3.63) is 59.8 Å². The van der Waals surface area contributed by atoms with Crippen LogP contribution in [0.25, 0.3) is 22.4 Å². The summed E-state index contributed by atoms with van der Waals surface area (Å²) in [5, 5.41) is 4.46. The Balaban J connectivity index is 1.85. The molecule has 2 aromatic carbocycles. The molecule has 0 atom stereocenters. The number of ether oxygens (including phenoxy) is 1. The standard InChI is InChI=1S/C26H33N3O4S/c1-6-20-8-13-23(17-25(20)34(31,32)7-2)21-9-11-22(12-10-21)24-16-19(3)27-29(24)18-26(30)33-15-14-28(4)5/h8-13,16-17H,6-7,14-15,18H2,1-5H3. The Morgan fingerprint density at radius 1 is 1.00 bits per heavy atom. The van der Waals surface area contributed by atoms with Gasteiger partial charge in [0.15, 0.2) is 9.84 Å². The fraction of sp³-hybridized carbons (Fsp3) is 0.385. The second-order valence-electron chi connectivity index (χ2n) is 8.51. The second-order valence-corrected chi connectivity index (χ2v) is 10.8. The summed E-state index contributed by atoms with van der Waals surface area (Å²) in [6.07, 6.45) is 0.661. The first-order valence-electron chi connectivity index (χ1n) is 11.5. The van der Waals surface area contributed by atoms with Gasteiger partial charge >= 0.3 is 5.97 Å². The third-order valence-electron chi connectivity index (χ3n) is 5.66. The van der Waals surface area contributed by atoms with E-state index in [1.807, 2.05) is 75.3 Å². The topological polar surface area (TPSA) is 81.5 Å². The molecule has 0 saturated carbocycles. The van der Waals surface area contributed by atoms with Gasteiger partial charge in [-0.3, -0.25) is 9.48 Å². The van der Waals surface area contributed by atoms with E-state index in [0.29, 0.717) is 24.5 Å². The number of hydrogen-bond acceptors (Lipinski definition) is 6. The van der Waals surface area contributed by atoms with E-state index in [1.54, 1.807) is 17.7 Å². The quantitative estimate of drug-likeness (QED) is 0.406. The lowest BCUT2D eigenvalue weighted by molar-refractivity contribution is -0.144. The van der Waals surface area contributed by atoms with E-state index in [0.717, 1.165) is 33.6 Å². The lowest BCUT2D eigenvalue weighted by atomic mass is 10.0. The number of sulfone groups is 1.